The van der Waals surface area contributed by atoms with Gasteiger partial charge in [-0.15, -0.1) is 0 Å². The molecule has 1 heterocycles. The first-order chi connectivity index (χ1) is 4.33. The fourth-order valence-electron chi connectivity index (χ4n) is 0.434. The van der Waals surface area contributed by atoms with Gasteiger partial charge >= 0.3 is 0 Å². The van der Waals surface area contributed by atoms with Gasteiger partial charge in [0.2, 0.25) is 5.69 Å². The number of hydrogen-bond donors (Lipinski definition) is 0. The Morgan fingerprint density at radius 2 is 2.33 bits per heavy atom. The first-order valence-electron chi connectivity index (χ1n) is 2.32. The van der Waals surface area contributed by atoms with Crippen LogP contribution in [-0.4, -0.2) is 4.98 Å². The number of hydrogen-bond acceptors (Lipinski definition) is 1. The summed E-state index contributed by atoms with van der Waals surface area (Å²) >= 11 is 5.45. The summed E-state index contributed by atoms with van der Waals surface area (Å²) in [5.41, 5.74) is 0.513. The topological polar surface area (TPSA) is 17.2 Å². The summed E-state index contributed by atoms with van der Waals surface area (Å²) in [5, 5.41) is 0.419. The van der Waals surface area contributed by atoms with Crippen LogP contribution in [0.3, 0.4) is 0 Å². The van der Waals surface area contributed by atoms with Crippen molar-refractivity contribution in [3.05, 3.63) is 34.9 Å². The van der Waals surface area contributed by atoms with E-state index in [-0.39, 0.29) is 0 Å². The molecule has 0 N–H and O–H groups in total. The minimum atomic E-state index is 0.419. The summed E-state index contributed by atoms with van der Waals surface area (Å²) in [6, 6.07) is 3.22. The van der Waals surface area contributed by atoms with Crippen molar-refractivity contribution in [3.63, 3.8) is 0 Å². The molecule has 1 rings (SSSR count). The zero-order valence-electron chi connectivity index (χ0n) is 4.50. The highest BCUT2D eigenvalue weighted by Crippen LogP contribution is 2.11. The molecule has 0 aromatic carbocycles. The van der Waals surface area contributed by atoms with Gasteiger partial charge in [0.05, 0.1) is 6.57 Å². The summed E-state index contributed by atoms with van der Waals surface area (Å²) in [5.74, 6) is 0. The second-order valence-corrected chi connectivity index (χ2v) is 1.84. The quantitative estimate of drug-likeness (QED) is 0.397. The van der Waals surface area contributed by atoms with Crippen LogP contribution in [0.2, 0.25) is 5.15 Å². The molecule has 0 aliphatic rings. The molecule has 9 heavy (non-hydrogen) atoms. The second-order valence-electron chi connectivity index (χ2n) is 1.45. The molecule has 0 aliphatic heterocycles. The van der Waals surface area contributed by atoms with Crippen molar-refractivity contribution in [2.24, 2.45) is 0 Å². The van der Waals surface area contributed by atoms with Gasteiger partial charge in [0.15, 0.2) is 0 Å². The summed E-state index contributed by atoms with van der Waals surface area (Å²) in [4.78, 5) is 6.84. The van der Waals surface area contributed by atoms with Crippen molar-refractivity contribution in [1.82, 2.24) is 4.98 Å². The van der Waals surface area contributed by atoms with Crippen molar-refractivity contribution >= 4 is 17.3 Å². The van der Waals surface area contributed by atoms with Crippen molar-refractivity contribution in [2.45, 2.75) is 0 Å². The molecular weight excluding hydrogens is 136 g/mol. The lowest BCUT2D eigenvalue weighted by Crippen LogP contribution is -1.68. The molecule has 1 aromatic heterocycles. The highest BCUT2D eigenvalue weighted by Gasteiger charge is 1.88. The number of pyridine rings is 1. The van der Waals surface area contributed by atoms with Crippen LogP contribution in [0.15, 0.2) is 18.3 Å². The number of rotatable bonds is 0. The Kier molecular flexibility index (Phi) is 1.66. The Bertz CT molecular complexity index is 234. The standard InChI is InChI=1S/C6H3ClN2/c1-8-5-2-3-6(7)9-4-5/h2-4H. The van der Waals surface area contributed by atoms with E-state index in [2.05, 4.69) is 9.83 Å². The van der Waals surface area contributed by atoms with Crippen LogP contribution in [0.1, 0.15) is 0 Å². The number of nitrogens with zero attached hydrogens (tertiary/aromatic N) is 2. The molecule has 0 unspecified atom stereocenters. The largest absolute Gasteiger partial charge is 0.256 e. The van der Waals surface area contributed by atoms with Gasteiger partial charge in [0, 0.05) is 6.20 Å². The normalized spacial score (nSPS) is 8.44. The van der Waals surface area contributed by atoms with E-state index in [1.807, 2.05) is 0 Å². The van der Waals surface area contributed by atoms with Crippen LogP contribution in [0.5, 0.6) is 0 Å². The maximum absolute atomic E-state index is 6.56. The third-order valence-corrected chi connectivity index (χ3v) is 1.06. The summed E-state index contributed by atoms with van der Waals surface area (Å²) in [7, 11) is 0. The molecule has 0 amide bonds. The summed E-state index contributed by atoms with van der Waals surface area (Å²) in [6.45, 7) is 6.56. The highest BCUT2D eigenvalue weighted by atomic mass is 35.5. The monoisotopic (exact) mass is 138 g/mol. The fraction of sp³-hybridized carbons (Fsp3) is 0. The van der Waals surface area contributed by atoms with Crippen LogP contribution in [0.4, 0.5) is 5.69 Å². The second kappa shape index (κ2) is 2.47. The lowest BCUT2D eigenvalue weighted by atomic mass is 10.4. The molecular formula is C6H3ClN2. The molecule has 0 atom stereocenters. The van der Waals surface area contributed by atoms with E-state index in [1.165, 1.54) is 6.20 Å². The average Bonchev–Trinajstić information content (AvgIpc) is 1.90. The van der Waals surface area contributed by atoms with Crippen molar-refractivity contribution in [2.75, 3.05) is 0 Å². The van der Waals surface area contributed by atoms with Gasteiger partial charge in [-0.1, -0.05) is 17.7 Å². The van der Waals surface area contributed by atoms with Gasteiger partial charge in [-0.3, -0.25) is 4.98 Å². The van der Waals surface area contributed by atoms with Gasteiger partial charge in [0.25, 0.3) is 0 Å². The van der Waals surface area contributed by atoms with Gasteiger partial charge in [-0.05, 0) is 6.07 Å². The van der Waals surface area contributed by atoms with E-state index in [0.29, 0.717) is 10.8 Å². The smallest absolute Gasteiger partial charge is 0.205 e. The molecule has 0 radical (unpaired) electrons. The third kappa shape index (κ3) is 1.41. The zero-order chi connectivity index (χ0) is 6.69. The molecule has 3 heteroatoms. The minimum absolute atomic E-state index is 0.419. The SMILES string of the molecule is [C-]#[N+]c1ccc(Cl)nc1. The van der Waals surface area contributed by atoms with Gasteiger partial charge in [-0.2, -0.15) is 0 Å². The summed E-state index contributed by atoms with van der Waals surface area (Å²) < 4.78 is 0. The highest BCUT2D eigenvalue weighted by molar-refractivity contribution is 6.29. The van der Waals surface area contributed by atoms with Crippen molar-refractivity contribution in [3.8, 4) is 0 Å². The molecule has 0 aliphatic carbocycles. The minimum Gasteiger partial charge on any atom is -0.256 e. The van der Waals surface area contributed by atoms with Crippen LogP contribution in [0, 0.1) is 6.57 Å². The van der Waals surface area contributed by atoms with Crippen LogP contribution in [-0.2, 0) is 0 Å². The Balaban J connectivity index is 3.06. The predicted octanol–water partition coefficient (Wildman–Crippen LogP) is 2.29. The van der Waals surface area contributed by atoms with Crippen LogP contribution < -0.4 is 0 Å². The van der Waals surface area contributed by atoms with E-state index in [4.69, 9.17) is 18.2 Å². The first-order valence-corrected chi connectivity index (χ1v) is 2.70. The first kappa shape index (κ1) is 6.06. The molecule has 1 aromatic rings. The van der Waals surface area contributed by atoms with E-state index < -0.39 is 0 Å². The Morgan fingerprint density at radius 1 is 1.56 bits per heavy atom. The Labute approximate surface area is 57.9 Å². The third-order valence-electron chi connectivity index (χ3n) is 0.841. The maximum atomic E-state index is 6.56. The molecule has 44 valence electrons. The maximum Gasteiger partial charge on any atom is 0.205 e. The number of halogens is 1. The lowest BCUT2D eigenvalue weighted by Gasteiger charge is -1.85. The van der Waals surface area contributed by atoms with Crippen molar-refractivity contribution in [1.29, 1.82) is 0 Å². The van der Waals surface area contributed by atoms with E-state index in [0.717, 1.165) is 0 Å². The molecule has 0 fully saturated rings. The molecule has 2 nitrogen and oxygen atoms in total. The average molecular weight is 139 g/mol. The Hall–Kier alpha value is -1.07. The van der Waals surface area contributed by atoms with Crippen LogP contribution >= 0.6 is 11.6 Å². The zero-order valence-corrected chi connectivity index (χ0v) is 5.26. The molecule has 0 saturated carbocycles. The molecule has 0 bridgehead atoms. The fourth-order valence-corrected chi connectivity index (χ4v) is 0.546. The van der Waals surface area contributed by atoms with Gasteiger partial charge < -0.3 is 0 Å². The number of aromatic nitrogens is 1. The predicted molar refractivity (Wildman–Crippen MR) is 35.5 cm³/mol. The van der Waals surface area contributed by atoms with E-state index in [1.54, 1.807) is 12.1 Å². The van der Waals surface area contributed by atoms with E-state index in [9.17, 15) is 0 Å². The van der Waals surface area contributed by atoms with E-state index >= 15 is 0 Å². The lowest BCUT2D eigenvalue weighted by molar-refractivity contribution is 1.34. The Morgan fingerprint density at radius 3 is 2.78 bits per heavy atom. The summed E-state index contributed by atoms with van der Waals surface area (Å²) in [6.07, 6.45) is 1.44. The van der Waals surface area contributed by atoms with Crippen LogP contribution in [0.25, 0.3) is 4.85 Å². The molecule has 0 spiro atoms. The van der Waals surface area contributed by atoms with Gasteiger partial charge in [-0.25, -0.2) is 4.85 Å². The van der Waals surface area contributed by atoms with Gasteiger partial charge in [0.1, 0.15) is 5.15 Å². The van der Waals surface area contributed by atoms with Crippen molar-refractivity contribution < 1.29 is 0 Å². The molecule has 0 saturated heterocycles.